The van der Waals surface area contributed by atoms with E-state index in [-0.39, 0.29) is 5.91 Å². The molecule has 4 heterocycles. The molecule has 9 heteroatoms. The third-order valence-electron chi connectivity index (χ3n) is 5.02. The molecular weight excluding hydrogens is 345 g/mol. The number of aromatic nitrogens is 4. The summed E-state index contributed by atoms with van der Waals surface area (Å²) < 4.78 is 13.7. The smallest absolute Gasteiger partial charge is 0.398 e. The monoisotopic (exact) mass is 365 g/mol. The average molecular weight is 365 g/mol. The van der Waals surface area contributed by atoms with E-state index in [9.17, 15) is 4.79 Å². The average Bonchev–Trinajstić information content (AvgIpc) is 3.11. The highest BCUT2D eigenvalue weighted by Gasteiger charge is 2.52. The predicted octanol–water partition coefficient (Wildman–Crippen LogP) is 1.68. The molecule has 3 aromatic rings. The number of carbonyl (C=O) groups excluding carboxylic acids is 1. The topological polar surface area (TPSA) is 90.6 Å². The zero-order valence-electron chi connectivity index (χ0n) is 15.6. The molecule has 1 fully saturated rings. The second kappa shape index (κ2) is 6.14. The van der Waals surface area contributed by atoms with Crippen LogP contribution in [0.5, 0.6) is 0 Å². The molecule has 1 saturated heterocycles. The molecule has 1 aliphatic heterocycles. The fourth-order valence-electron chi connectivity index (χ4n) is 2.74. The van der Waals surface area contributed by atoms with Crippen molar-refractivity contribution in [2.24, 2.45) is 0 Å². The molecule has 1 amide bonds. The number of amides is 1. The molecule has 0 unspecified atom stereocenters. The first-order valence-electron chi connectivity index (χ1n) is 8.68. The van der Waals surface area contributed by atoms with Crippen LogP contribution in [0.1, 0.15) is 38.1 Å². The van der Waals surface area contributed by atoms with Gasteiger partial charge in [0.25, 0.3) is 5.91 Å². The fraction of sp³-hybridized carbons (Fsp3) is 0.333. The van der Waals surface area contributed by atoms with Crippen LogP contribution in [0.15, 0.2) is 42.9 Å². The molecule has 3 aromatic heterocycles. The highest BCUT2D eigenvalue weighted by atomic mass is 16.7. The van der Waals surface area contributed by atoms with Gasteiger partial charge in [0.2, 0.25) is 0 Å². The minimum absolute atomic E-state index is 0.257. The number of nitrogens with zero attached hydrogens (tertiary/aromatic N) is 4. The van der Waals surface area contributed by atoms with Crippen LogP contribution in [-0.2, 0) is 9.31 Å². The Bertz CT molecular complexity index is 987. The van der Waals surface area contributed by atoms with Crippen molar-refractivity contribution in [3.63, 3.8) is 0 Å². The fourth-order valence-corrected chi connectivity index (χ4v) is 2.74. The maximum atomic E-state index is 12.3. The first kappa shape index (κ1) is 17.6. The quantitative estimate of drug-likeness (QED) is 0.711. The lowest BCUT2D eigenvalue weighted by Gasteiger charge is -2.32. The van der Waals surface area contributed by atoms with Crippen molar-refractivity contribution in [2.75, 3.05) is 5.32 Å². The van der Waals surface area contributed by atoms with Crippen molar-refractivity contribution >= 4 is 30.1 Å². The Hall–Kier alpha value is -2.78. The Morgan fingerprint density at radius 1 is 1.07 bits per heavy atom. The van der Waals surface area contributed by atoms with Gasteiger partial charge in [-0.3, -0.25) is 9.78 Å². The molecule has 138 valence electrons. The number of carbonyl (C=O) groups is 1. The molecule has 27 heavy (non-hydrogen) atoms. The van der Waals surface area contributed by atoms with Crippen molar-refractivity contribution in [3.8, 4) is 0 Å². The number of imidazole rings is 1. The van der Waals surface area contributed by atoms with Gasteiger partial charge in [-0.2, -0.15) is 5.10 Å². The Balaban J connectivity index is 1.57. The summed E-state index contributed by atoms with van der Waals surface area (Å²) in [7, 11) is -0.559. The third-order valence-corrected chi connectivity index (χ3v) is 5.02. The van der Waals surface area contributed by atoms with Gasteiger partial charge < -0.3 is 14.6 Å². The van der Waals surface area contributed by atoms with Crippen molar-refractivity contribution in [3.05, 3.63) is 48.4 Å². The number of anilines is 1. The van der Waals surface area contributed by atoms with E-state index in [1.165, 1.54) is 0 Å². The summed E-state index contributed by atoms with van der Waals surface area (Å²) in [5.74, 6) is 0.155. The Morgan fingerprint density at radius 2 is 1.74 bits per heavy atom. The normalized spacial score (nSPS) is 18.0. The SMILES string of the molecule is CC1(C)OB(c2ccc3nc(NC(=O)c4ccncc4)cn3n2)OC1(C)C. The largest absolute Gasteiger partial charge is 0.516 e. The summed E-state index contributed by atoms with van der Waals surface area (Å²) in [5, 5.41) is 7.29. The second-order valence-corrected chi connectivity index (χ2v) is 7.47. The maximum absolute atomic E-state index is 12.3. The van der Waals surface area contributed by atoms with Crippen LogP contribution in [0, 0.1) is 0 Å². The lowest BCUT2D eigenvalue weighted by Crippen LogP contribution is -2.41. The maximum Gasteiger partial charge on any atom is 0.516 e. The van der Waals surface area contributed by atoms with E-state index >= 15 is 0 Å². The third kappa shape index (κ3) is 3.20. The number of pyridine rings is 1. The Morgan fingerprint density at radius 3 is 2.41 bits per heavy atom. The van der Waals surface area contributed by atoms with Gasteiger partial charge >= 0.3 is 7.12 Å². The molecule has 0 aliphatic carbocycles. The van der Waals surface area contributed by atoms with E-state index in [1.807, 2.05) is 39.8 Å². The van der Waals surface area contributed by atoms with Crippen LogP contribution in [0.25, 0.3) is 5.65 Å². The van der Waals surface area contributed by atoms with Gasteiger partial charge in [0.1, 0.15) is 0 Å². The summed E-state index contributed by atoms with van der Waals surface area (Å²) in [4.78, 5) is 20.5. The van der Waals surface area contributed by atoms with Crippen LogP contribution in [0.2, 0.25) is 0 Å². The summed E-state index contributed by atoms with van der Waals surface area (Å²) >= 11 is 0. The molecule has 0 saturated carbocycles. The van der Waals surface area contributed by atoms with Crippen molar-refractivity contribution < 1.29 is 14.1 Å². The van der Waals surface area contributed by atoms with Crippen LogP contribution in [0.3, 0.4) is 0 Å². The van der Waals surface area contributed by atoms with Gasteiger partial charge in [-0.05, 0) is 52.0 Å². The van der Waals surface area contributed by atoms with Gasteiger partial charge in [-0.15, -0.1) is 0 Å². The molecule has 0 bridgehead atoms. The lowest BCUT2D eigenvalue weighted by molar-refractivity contribution is 0.00578. The molecule has 0 aromatic carbocycles. The highest BCUT2D eigenvalue weighted by Crippen LogP contribution is 2.36. The number of nitrogens with one attached hydrogen (secondary N) is 1. The van der Waals surface area contributed by atoms with Crippen molar-refractivity contribution in [1.29, 1.82) is 0 Å². The molecule has 1 aliphatic rings. The van der Waals surface area contributed by atoms with E-state index in [0.29, 0.717) is 22.6 Å². The number of rotatable bonds is 3. The van der Waals surface area contributed by atoms with E-state index in [0.717, 1.165) is 0 Å². The Kier molecular flexibility index (Phi) is 4.01. The molecule has 0 atom stereocenters. The van der Waals surface area contributed by atoms with E-state index in [2.05, 4.69) is 20.4 Å². The molecule has 0 radical (unpaired) electrons. The first-order chi connectivity index (χ1) is 12.7. The van der Waals surface area contributed by atoms with Crippen LogP contribution in [0.4, 0.5) is 5.82 Å². The number of fused-ring (bicyclic) bond motifs is 1. The van der Waals surface area contributed by atoms with Gasteiger partial charge in [0.05, 0.1) is 23.0 Å². The van der Waals surface area contributed by atoms with Gasteiger partial charge in [0, 0.05) is 18.0 Å². The van der Waals surface area contributed by atoms with Gasteiger partial charge in [-0.1, -0.05) is 0 Å². The lowest BCUT2D eigenvalue weighted by atomic mass is 9.85. The predicted molar refractivity (Wildman–Crippen MR) is 101 cm³/mol. The molecule has 0 spiro atoms. The van der Waals surface area contributed by atoms with Crippen LogP contribution >= 0.6 is 0 Å². The Labute approximate surface area is 157 Å². The van der Waals surface area contributed by atoms with Crippen LogP contribution in [-0.4, -0.2) is 43.8 Å². The molecule has 4 rings (SSSR count). The van der Waals surface area contributed by atoms with E-state index in [1.54, 1.807) is 35.2 Å². The summed E-state index contributed by atoms with van der Waals surface area (Å²) in [5.41, 5.74) is 0.888. The van der Waals surface area contributed by atoms with Gasteiger partial charge in [-0.25, -0.2) is 9.50 Å². The summed E-state index contributed by atoms with van der Waals surface area (Å²) in [6.45, 7) is 7.98. The van der Waals surface area contributed by atoms with Crippen molar-refractivity contribution in [1.82, 2.24) is 19.6 Å². The summed E-state index contributed by atoms with van der Waals surface area (Å²) in [6.07, 6.45) is 4.79. The number of hydrogen-bond acceptors (Lipinski definition) is 6. The van der Waals surface area contributed by atoms with Crippen molar-refractivity contribution in [2.45, 2.75) is 38.9 Å². The molecule has 1 N–H and O–H groups in total. The standard InChI is InChI=1S/C18H20BN5O3/c1-17(2)18(3,4)27-19(26-17)13-5-6-15-21-14(11-24(15)23-13)22-16(25)12-7-9-20-10-8-12/h5-11H,1-4H3,(H,22,25). The second-order valence-electron chi connectivity index (χ2n) is 7.47. The van der Waals surface area contributed by atoms with Gasteiger partial charge in [0.15, 0.2) is 11.5 Å². The van der Waals surface area contributed by atoms with E-state index in [4.69, 9.17) is 9.31 Å². The summed E-state index contributed by atoms with van der Waals surface area (Å²) in [6, 6.07) is 6.91. The van der Waals surface area contributed by atoms with Crippen LogP contribution < -0.4 is 10.9 Å². The molecular formula is C18H20BN5O3. The number of hydrogen-bond donors (Lipinski definition) is 1. The molecule has 8 nitrogen and oxygen atoms in total. The zero-order chi connectivity index (χ0) is 19.2. The van der Waals surface area contributed by atoms with E-state index < -0.39 is 18.3 Å². The minimum atomic E-state index is -0.559. The highest BCUT2D eigenvalue weighted by molar-refractivity contribution is 6.61. The minimum Gasteiger partial charge on any atom is -0.398 e. The first-order valence-corrected chi connectivity index (χ1v) is 8.68. The zero-order valence-corrected chi connectivity index (χ0v) is 15.6.